The average molecular weight is 231 g/mol. The number of allylic oxidation sites excluding steroid dienone is 1. The number of carbonyl (C=O) groups excluding carboxylic acids is 1. The third-order valence-corrected chi connectivity index (χ3v) is 2.04. The van der Waals surface area contributed by atoms with Gasteiger partial charge in [-0.15, -0.1) is 0 Å². The van der Waals surface area contributed by atoms with E-state index in [1.165, 1.54) is 6.92 Å². The molecule has 0 unspecified atom stereocenters. The van der Waals surface area contributed by atoms with E-state index in [2.05, 4.69) is 10.3 Å². The highest BCUT2D eigenvalue weighted by Gasteiger charge is 2.13. The largest absolute Gasteiger partial charge is 0.511 e. The molecule has 0 saturated heterocycles. The molecule has 1 heterocycles. The molecule has 0 aromatic carbocycles. The number of amides is 1. The van der Waals surface area contributed by atoms with Gasteiger partial charge < -0.3 is 10.4 Å². The van der Waals surface area contributed by atoms with E-state index in [1.807, 2.05) is 13.0 Å². The maximum absolute atomic E-state index is 11.6. The molecule has 88 valence electrons. The lowest BCUT2D eigenvalue weighted by Gasteiger charge is -2.06. The van der Waals surface area contributed by atoms with Crippen LogP contribution in [0.4, 0.5) is 5.82 Å². The van der Waals surface area contributed by atoms with E-state index in [0.29, 0.717) is 5.82 Å². The van der Waals surface area contributed by atoms with Crippen LogP contribution in [0, 0.1) is 25.2 Å². The highest BCUT2D eigenvalue weighted by molar-refractivity contribution is 6.06. The molecule has 5 heteroatoms. The van der Waals surface area contributed by atoms with Crippen LogP contribution < -0.4 is 5.32 Å². The Balaban J connectivity index is 2.97. The molecule has 0 saturated carbocycles. The molecule has 0 atom stereocenters. The second kappa shape index (κ2) is 5.12. The molecule has 0 aliphatic rings. The summed E-state index contributed by atoms with van der Waals surface area (Å²) in [5, 5.41) is 20.3. The number of rotatable bonds is 2. The Bertz CT molecular complexity index is 503. The highest BCUT2D eigenvalue weighted by Crippen LogP contribution is 2.11. The van der Waals surface area contributed by atoms with Crippen molar-refractivity contribution in [3.05, 3.63) is 34.7 Å². The predicted molar refractivity (Wildman–Crippen MR) is 63.3 cm³/mol. The van der Waals surface area contributed by atoms with Crippen LogP contribution in [-0.2, 0) is 4.79 Å². The number of aryl methyl sites for hydroxylation is 2. The van der Waals surface area contributed by atoms with Crippen LogP contribution in [-0.4, -0.2) is 16.0 Å². The minimum Gasteiger partial charge on any atom is -0.511 e. The number of aliphatic hydroxyl groups is 1. The molecule has 1 rings (SSSR count). The number of nitrogens with one attached hydrogen (secondary N) is 1. The van der Waals surface area contributed by atoms with Crippen LogP contribution in [0.15, 0.2) is 23.5 Å². The minimum atomic E-state index is -0.662. The van der Waals surface area contributed by atoms with Gasteiger partial charge in [0.25, 0.3) is 5.91 Å². The highest BCUT2D eigenvalue weighted by atomic mass is 16.3. The Morgan fingerprint density at radius 1 is 1.47 bits per heavy atom. The number of pyridine rings is 1. The zero-order chi connectivity index (χ0) is 13.0. The van der Waals surface area contributed by atoms with Crippen LogP contribution in [0.3, 0.4) is 0 Å². The molecule has 0 spiro atoms. The van der Waals surface area contributed by atoms with Gasteiger partial charge in [0.1, 0.15) is 17.6 Å². The van der Waals surface area contributed by atoms with E-state index in [9.17, 15) is 4.79 Å². The number of carbonyl (C=O) groups is 1. The molecule has 1 aromatic heterocycles. The maximum Gasteiger partial charge on any atom is 0.270 e. The molecule has 2 N–H and O–H groups in total. The molecule has 1 aromatic rings. The van der Waals surface area contributed by atoms with Crippen LogP contribution in [0.5, 0.6) is 0 Å². The van der Waals surface area contributed by atoms with Gasteiger partial charge in [0, 0.05) is 5.69 Å². The van der Waals surface area contributed by atoms with Crippen molar-refractivity contribution in [2.24, 2.45) is 0 Å². The molecule has 0 bridgehead atoms. The van der Waals surface area contributed by atoms with Crippen molar-refractivity contribution >= 4 is 11.7 Å². The number of anilines is 1. The van der Waals surface area contributed by atoms with E-state index in [0.717, 1.165) is 11.3 Å². The molecule has 5 nitrogen and oxygen atoms in total. The van der Waals surface area contributed by atoms with Crippen molar-refractivity contribution in [1.29, 1.82) is 5.26 Å². The molecular weight excluding hydrogens is 218 g/mol. The molecule has 0 aliphatic carbocycles. The van der Waals surface area contributed by atoms with E-state index in [-0.39, 0.29) is 11.3 Å². The fourth-order valence-electron chi connectivity index (χ4n) is 1.38. The SMILES string of the molecule is C/C(O)=C(\C#N)C(=O)Nc1cc(C)cc(C)n1. The summed E-state index contributed by atoms with van der Waals surface area (Å²) in [6.07, 6.45) is 0. The van der Waals surface area contributed by atoms with Crippen LogP contribution in [0.25, 0.3) is 0 Å². The normalized spacial score (nSPS) is 11.4. The van der Waals surface area contributed by atoms with Crippen molar-refractivity contribution < 1.29 is 9.90 Å². The zero-order valence-electron chi connectivity index (χ0n) is 9.90. The van der Waals surface area contributed by atoms with Crippen molar-refractivity contribution in [3.63, 3.8) is 0 Å². The Labute approximate surface area is 99.4 Å². The van der Waals surface area contributed by atoms with Crippen molar-refractivity contribution in [3.8, 4) is 6.07 Å². The quantitative estimate of drug-likeness (QED) is 0.463. The summed E-state index contributed by atoms with van der Waals surface area (Å²) >= 11 is 0. The van der Waals surface area contributed by atoms with Gasteiger partial charge >= 0.3 is 0 Å². The molecule has 0 aliphatic heterocycles. The Hall–Kier alpha value is -2.35. The number of aliphatic hydroxyl groups excluding tert-OH is 1. The number of hydrogen-bond acceptors (Lipinski definition) is 4. The fourth-order valence-corrected chi connectivity index (χ4v) is 1.38. The summed E-state index contributed by atoms with van der Waals surface area (Å²) in [4.78, 5) is 15.7. The average Bonchev–Trinajstić information content (AvgIpc) is 2.15. The first-order valence-electron chi connectivity index (χ1n) is 5.00. The van der Waals surface area contributed by atoms with Gasteiger partial charge in [0.2, 0.25) is 0 Å². The van der Waals surface area contributed by atoms with Gasteiger partial charge in [-0.05, 0) is 38.5 Å². The fraction of sp³-hybridized carbons (Fsp3) is 0.250. The third-order valence-electron chi connectivity index (χ3n) is 2.04. The summed E-state index contributed by atoms with van der Waals surface area (Å²) < 4.78 is 0. The summed E-state index contributed by atoms with van der Waals surface area (Å²) in [5.74, 6) is -0.610. The third kappa shape index (κ3) is 3.31. The topological polar surface area (TPSA) is 86.0 Å². The Morgan fingerprint density at radius 2 is 2.12 bits per heavy atom. The standard InChI is InChI=1S/C12H13N3O2/c1-7-4-8(2)14-11(5-7)15-12(17)10(6-13)9(3)16/h4-5,16H,1-3H3,(H,14,15,17)/b10-9-. The minimum absolute atomic E-state index is 0.311. The second-order valence-electron chi connectivity index (χ2n) is 3.70. The summed E-state index contributed by atoms with van der Waals surface area (Å²) in [6, 6.07) is 5.20. The first-order chi connectivity index (χ1) is 7.93. The second-order valence-corrected chi connectivity index (χ2v) is 3.70. The predicted octanol–water partition coefficient (Wildman–Crippen LogP) is 1.99. The lowest BCUT2D eigenvalue weighted by molar-refractivity contribution is -0.112. The van der Waals surface area contributed by atoms with Gasteiger partial charge in [0.05, 0.1) is 0 Å². The maximum atomic E-state index is 11.6. The number of hydrogen-bond donors (Lipinski definition) is 2. The van der Waals surface area contributed by atoms with Crippen molar-refractivity contribution in [1.82, 2.24) is 4.98 Å². The molecule has 17 heavy (non-hydrogen) atoms. The first-order valence-corrected chi connectivity index (χ1v) is 5.00. The lowest BCUT2D eigenvalue weighted by Crippen LogP contribution is -2.16. The number of nitriles is 1. The van der Waals surface area contributed by atoms with Crippen LogP contribution in [0.2, 0.25) is 0 Å². The summed E-state index contributed by atoms with van der Waals surface area (Å²) in [7, 11) is 0. The van der Waals surface area contributed by atoms with Crippen LogP contribution >= 0.6 is 0 Å². The van der Waals surface area contributed by atoms with Crippen LogP contribution in [0.1, 0.15) is 18.2 Å². The van der Waals surface area contributed by atoms with Gasteiger partial charge in [0.15, 0.2) is 5.57 Å². The zero-order valence-corrected chi connectivity index (χ0v) is 9.90. The number of nitrogens with zero attached hydrogens (tertiary/aromatic N) is 2. The van der Waals surface area contributed by atoms with E-state index >= 15 is 0 Å². The van der Waals surface area contributed by atoms with Gasteiger partial charge in [-0.1, -0.05) is 0 Å². The summed E-state index contributed by atoms with van der Waals surface area (Å²) in [5.41, 5.74) is 1.41. The Kier molecular flexibility index (Phi) is 3.83. The van der Waals surface area contributed by atoms with E-state index < -0.39 is 5.91 Å². The molecule has 0 fully saturated rings. The van der Waals surface area contributed by atoms with E-state index in [1.54, 1.807) is 19.1 Å². The molecule has 0 radical (unpaired) electrons. The van der Waals surface area contributed by atoms with E-state index in [4.69, 9.17) is 10.4 Å². The lowest BCUT2D eigenvalue weighted by atomic mass is 10.2. The van der Waals surface area contributed by atoms with Gasteiger partial charge in [-0.3, -0.25) is 4.79 Å². The molecular formula is C12H13N3O2. The number of aromatic nitrogens is 1. The summed E-state index contributed by atoms with van der Waals surface area (Å²) in [6.45, 7) is 4.97. The monoisotopic (exact) mass is 231 g/mol. The Morgan fingerprint density at radius 3 is 2.59 bits per heavy atom. The molecule has 1 amide bonds. The van der Waals surface area contributed by atoms with Gasteiger partial charge in [-0.2, -0.15) is 5.26 Å². The van der Waals surface area contributed by atoms with Crippen molar-refractivity contribution in [2.75, 3.05) is 5.32 Å². The van der Waals surface area contributed by atoms with Gasteiger partial charge in [-0.25, -0.2) is 4.98 Å². The van der Waals surface area contributed by atoms with Crippen molar-refractivity contribution in [2.45, 2.75) is 20.8 Å². The first kappa shape index (κ1) is 12.7. The smallest absolute Gasteiger partial charge is 0.270 e.